The van der Waals surface area contributed by atoms with Gasteiger partial charge < -0.3 is 11.1 Å². The summed E-state index contributed by atoms with van der Waals surface area (Å²) in [6.45, 7) is 0.618. The summed E-state index contributed by atoms with van der Waals surface area (Å²) in [7, 11) is 0. The second-order valence-corrected chi connectivity index (χ2v) is 6.70. The van der Waals surface area contributed by atoms with E-state index >= 15 is 0 Å². The first-order chi connectivity index (χ1) is 9.28. The Hall–Kier alpha value is -0.940. The number of carbonyl (C=O) groups excluding carboxylic acids is 1. The molecule has 5 heteroatoms. The summed E-state index contributed by atoms with van der Waals surface area (Å²) < 4.78 is 0. The van der Waals surface area contributed by atoms with Crippen LogP contribution >= 0.6 is 11.3 Å². The van der Waals surface area contributed by atoms with Crippen LogP contribution in [0.15, 0.2) is 0 Å². The molecular formula is C14H21N3OS. The van der Waals surface area contributed by atoms with Crippen molar-refractivity contribution in [3.05, 3.63) is 10.6 Å². The molecule has 0 aromatic carbocycles. The van der Waals surface area contributed by atoms with Gasteiger partial charge in [-0.3, -0.25) is 4.79 Å². The van der Waals surface area contributed by atoms with E-state index in [1.165, 1.54) is 23.4 Å². The van der Waals surface area contributed by atoms with Gasteiger partial charge in [-0.15, -0.1) is 11.3 Å². The lowest BCUT2D eigenvalue weighted by atomic mass is 9.95. The maximum Gasteiger partial charge on any atom is 0.229 e. The van der Waals surface area contributed by atoms with Crippen LogP contribution in [0.3, 0.4) is 0 Å². The molecule has 3 N–H and O–H groups in total. The van der Waals surface area contributed by atoms with Crippen molar-refractivity contribution in [2.24, 2.45) is 17.6 Å². The number of hydrogen-bond donors (Lipinski definition) is 2. The van der Waals surface area contributed by atoms with Gasteiger partial charge in [0.05, 0.1) is 5.69 Å². The zero-order valence-corrected chi connectivity index (χ0v) is 12.0. The summed E-state index contributed by atoms with van der Waals surface area (Å²) in [4.78, 5) is 18.2. The van der Waals surface area contributed by atoms with Crippen LogP contribution in [0.4, 0.5) is 5.13 Å². The number of nitrogens with two attached hydrogens (primary N) is 1. The fourth-order valence-corrected chi connectivity index (χ4v) is 4.32. The molecule has 4 nitrogen and oxygen atoms in total. The van der Waals surface area contributed by atoms with Crippen molar-refractivity contribution in [1.29, 1.82) is 0 Å². The quantitative estimate of drug-likeness (QED) is 0.892. The topological polar surface area (TPSA) is 68.0 Å². The Balaban J connectivity index is 1.67. The first-order valence-electron chi connectivity index (χ1n) is 7.27. The van der Waals surface area contributed by atoms with Crippen LogP contribution in [0.25, 0.3) is 0 Å². The number of hydrogen-bond acceptors (Lipinski definition) is 4. The normalized spacial score (nSPS) is 26.2. The van der Waals surface area contributed by atoms with Gasteiger partial charge in [0.1, 0.15) is 0 Å². The number of aromatic nitrogens is 1. The van der Waals surface area contributed by atoms with E-state index in [9.17, 15) is 4.79 Å². The molecule has 1 heterocycles. The van der Waals surface area contributed by atoms with E-state index in [1.54, 1.807) is 11.3 Å². The number of nitrogens with one attached hydrogen (secondary N) is 1. The van der Waals surface area contributed by atoms with Gasteiger partial charge in [0, 0.05) is 10.8 Å². The smallest absolute Gasteiger partial charge is 0.229 e. The predicted molar refractivity (Wildman–Crippen MR) is 77.3 cm³/mol. The highest BCUT2D eigenvalue weighted by Crippen LogP contribution is 2.33. The van der Waals surface area contributed by atoms with E-state index in [4.69, 9.17) is 5.73 Å². The molecule has 104 valence electrons. The van der Waals surface area contributed by atoms with Crippen molar-refractivity contribution < 1.29 is 4.79 Å². The van der Waals surface area contributed by atoms with Crippen molar-refractivity contribution in [3.8, 4) is 0 Å². The van der Waals surface area contributed by atoms with Crippen molar-refractivity contribution in [3.63, 3.8) is 0 Å². The van der Waals surface area contributed by atoms with Gasteiger partial charge in [-0.2, -0.15) is 0 Å². The lowest BCUT2D eigenvalue weighted by Gasteiger charge is -2.16. The molecule has 0 bridgehead atoms. The summed E-state index contributed by atoms with van der Waals surface area (Å²) in [5, 5.41) is 3.81. The zero-order chi connectivity index (χ0) is 13.2. The highest BCUT2D eigenvalue weighted by atomic mass is 32.1. The Morgan fingerprint density at radius 3 is 2.95 bits per heavy atom. The van der Waals surface area contributed by atoms with E-state index in [1.807, 2.05) is 0 Å². The molecule has 3 rings (SSSR count). The van der Waals surface area contributed by atoms with Gasteiger partial charge in [-0.25, -0.2) is 4.98 Å². The summed E-state index contributed by atoms with van der Waals surface area (Å²) in [5.41, 5.74) is 6.94. The molecule has 2 aliphatic carbocycles. The second kappa shape index (κ2) is 5.59. The van der Waals surface area contributed by atoms with Crippen molar-refractivity contribution in [2.45, 2.75) is 44.9 Å². The Morgan fingerprint density at radius 2 is 2.16 bits per heavy atom. The lowest BCUT2D eigenvalue weighted by Crippen LogP contribution is -2.29. The first-order valence-corrected chi connectivity index (χ1v) is 8.09. The monoisotopic (exact) mass is 279 g/mol. The van der Waals surface area contributed by atoms with Crippen molar-refractivity contribution in [2.75, 3.05) is 11.9 Å². The van der Waals surface area contributed by atoms with Crippen LogP contribution < -0.4 is 11.1 Å². The molecule has 1 fully saturated rings. The molecular weight excluding hydrogens is 258 g/mol. The third kappa shape index (κ3) is 2.67. The van der Waals surface area contributed by atoms with E-state index in [2.05, 4.69) is 10.3 Å². The maximum atomic E-state index is 12.3. The van der Waals surface area contributed by atoms with E-state index in [0.29, 0.717) is 12.5 Å². The number of nitrogens with zero attached hydrogens (tertiary/aromatic N) is 1. The number of amides is 1. The third-order valence-corrected chi connectivity index (χ3v) is 5.45. The summed E-state index contributed by atoms with van der Waals surface area (Å²) in [6, 6.07) is 0. The Kier molecular flexibility index (Phi) is 3.84. The molecule has 1 saturated carbocycles. The number of fused-ring (bicyclic) bond motifs is 1. The highest BCUT2D eigenvalue weighted by Gasteiger charge is 2.32. The minimum Gasteiger partial charge on any atom is -0.330 e. The number of aryl methyl sites for hydroxylation is 2. The van der Waals surface area contributed by atoms with Crippen LogP contribution in [0.1, 0.15) is 42.7 Å². The van der Waals surface area contributed by atoms with Crippen molar-refractivity contribution >= 4 is 22.4 Å². The van der Waals surface area contributed by atoms with Crippen LogP contribution in [-0.4, -0.2) is 17.4 Å². The van der Waals surface area contributed by atoms with Crippen LogP contribution in [0.5, 0.6) is 0 Å². The fourth-order valence-electron chi connectivity index (χ4n) is 3.27. The Labute approximate surface area is 117 Å². The molecule has 1 aromatic rings. The highest BCUT2D eigenvalue weighted by molar-refractivity contribution is 7.15. The van der Waals surface area contributed by atoms with Gasteiger partial charge in [0.15, 0.2) is 5.13 Å². The molecule has 0 aliphatic heterocycles. The summed E-state index contributed by atoms with van der Waals surface area (Å²) in [6.07, 6.45) is 7.84. The van der Waals surface area contributed by atoms with E-state index in [0.717, 1.165) is 37.2 Å². The number of anilines is 1. The molecule has 2 atom stereocenters. The minimum absolute atomic E-state index is 0.0888. The van der Waals surface area contributed by atoms with Crippen molar-refractivity contribution in [1.82, 2.24) is 4.98 Å². The fraction of sp³-hybridized carbons (Fsp3) is 0.714. The van der Waals surface area contributed by atoms with E-state index in [-0.39, 0.29) is 11.8 Å². The average Bonchev–Trinajstić information content (AvgIpc) is 3.03. The van der Waals surface area contributed by atoms with Gasteiger partial charge >= 0.3 is 0 Å². The number of thiazole rings is 1. The van der Waals surface area contributed by atoms with Crippen LogP contribution in [0.2, 0.25) is 0 Å². The van der Waals surface area contributed by atoms with Gasteiger partial charge in [0.2, 0.25) is 5.91 Å². The predicted octanol–water partition coefficient (Wildman–Crippen LogP) is 2.34. The Bertz CT molecular complexity index is 448. The molecule has 1 aromatic heterocycles. The first kappa shape index (κ1) is 13.1. The van der Waals surface area contributed by atoms with Gasteiger partial charge in [-0.1, -0.05) is 6.42 Å². The maximum absolute atomic E-state index is 12.3. The second-order valence-electron chi connectivity index (χ2n) is 5.62. The standard InChI is InChI=1S/C14H21N3OS/c15-8-9-4-3-5-10(9)13(18)17-14-16-11-6-1-2-7-12(11)19-14/h9-10H,1-8,15H2,(H,16,17,18). The largest absolute Gasteiger partial charge is 0.330 e. The van der Waals surface area contributed by atoms with Crippen LogP contribution in [0, 0.1) is 11.8 Å². The SMILES string of the molecule is NCC1CCCC1C(=O)Nc1nc2c(s1)CCCC2. The summed E-state index contributed by atoms with van der Waals surface area (Å²) >= 11 is 1.66. The molecule has 0 radical (unpaired) electrons. The molecule has 2 unspecified atom stereocenters. The number of carbonyl (C=O) groups is 1. The molecule has 19 heavy (non-hydrogen) atoms. The molecule has 0 saturated heterocycles. The minimum atomic E-state index is 0.0888. The van der Waals surface area contributed by atoms with Crippen LogP contribution in [-0.2, 0) is 17.6 Å². The molecule has 0 spiro atoms. The average molecular weight is 279 g/mol. The third-order valence-electron chi connectivity index (χ3n) is 4.37. The molecule has 1 amide bonds. The van der Waals surface area contributed by atoms with Gasteiger partial charge in [-0.05, 0) is 51.0 Å². The van der Waals surface area contributed by atoms with Gasteiger partial charge in [0.25, 0.3) is 0 Å². The molecule has 2 aliphatic rings. The lowest BCUT2D eigenvalue weighted by molar-refractivity contribution is -0.120. The van der Waals surface area contributed by atoms with E-state index < -0.39 is 0 Å². The number of rotatable bonds is 3. The summed E-state index contributed by atoms with van der Waals surface area (Å²) in [5.74, 6) is 0.569. The Morgan fingerprint density at radius 1 is 1.32 bits per heavy atom. The zero-order valence-electron chi connectivity index (χ0n) is 11.2.